The van der Waals surface area contributed by atoms with Gasteiger partial charge in [-0.1, -0.05) is 165 Å². The lowest BCUT2D eigenvalue weighted by Crippen LogP contribution is -2.41. The zero-order valence-electron chi connectivity index (χ0n) is 29.6. The molecule has 0 aliphatic carbocycles. The Morgan fingerprint density at radius 1 is 0.513 bits per heavy atom. The van der Waals surface area contributed by atoms with Gasteiger partial charge < -0.3 is 9.80 Å². The highest BCUT2D eigenvalue weighted by atomic mass is 16.2. The highest BCUT2D eigenvalue weighted by molar-refractivity contribution is 5.76. The van der Waals surface area contributed by atoms with Crippen LogP contribution in [0, 0.1) is 0 Å². The van der Waals surface area contributed by atoms with Crippen LogP contribution in [-0.2, 0) is 4.79 Å². The molecule has 0 aromatic heterocycles. The van der Waals surface area contributed by atoms with Crippen LogP contribution in [0.25, 0.3) is 0 Å². The predicted molar refractivity (Wildman–Crippen MR) is 182 cm³/mol. The van der Waals surface area contributed by atoms with Crippen molar-refractivity contribution in [3.8, 4) is 0 Å². The summed E-state index contributed by atoms with van der Waals surface area (Å²) in [4.78, 5) is 17.5. The van der Waals surface area contributed by atoms with Gasteiger partial charge in [-0.3, -0.25) is 4.79 Å². The summed E-state index contributed by atoms with van der Waals surface area (Å²) in [5, 5.41) is 0. The second-order valence-corrected chi connectivity index (χ2v) is 11.7. The molecule has 3 nitrogen and oxygen atoms in total. The summed E-state index contributed by atoms with van der Waals surface area (Å²) in [6.45, 7) is 21.6. The van der Waals surface area contributed by atoms with Gasteiger partial charge in [0, 0.05) is 19.0 Å². The van der Waals surface area contributed by atoms with Crippen LogP contribution in [0.15, 0.2) is 0 Å². The average Bonchev–Trinajstić information content (AvgIpc) is 2.89. The lowest BCUT2D eigenvalue weighted by molar-refractivity contribution is -0.134. The summed E-state index contributed by atoms with van der Waals surface area (Å²) in [5.41, 5.74) is 0. The molecule has 0 radical (unpaired) electrons. The monoisotopic (exact) mass is 557 g/mol. The van der Waals surface area contributed by atoms with Crippen LogP contribution in [0.3, 0.4) is 0 Å². The van der Waals surface area contributed by atoms with E-state index in [2.05, 4.69) is 86.2 Å². The summed E-state index contributed by atoms with van der Waals surface area (Å²) in [6.07, 6.45) is 26.4. The number of nitrogens with zero attached hydrogens (tertiary/aromatic N) is 2. The minimum absolute atomic E-state index is 0.401. The minimum atomic E-state index is 0.401. The topological polar surface area (TPSA) is 23.6 Å². The number of hydrogen-bond donors (Lipinski definition) is 0. The molecule has 1 amide bonds. The Labute approximate surface area is 250 Å². The van der Waals surface area contributed by atoms with E-state index in [1.807, 2.05) is 0 Å². The fraction of sp³-hybridized carbons (Fsp3) is 0.972. The molecular formula is C36H80N2O. The van der Waals surface area contributed by atoms with E-state index in [0.717, 1.165) is 25.9 Å². The third-order valence-electron chi connectivity index (χ3n) is 6.37. The second kappa shape index (κ2) is 41.9. The van der Waals surface area contributed by atoms with E-state index >= 15 is 0 Å². The normalized spacial score (nSPS) is 11.0. The van der Waals surface area contributed by atoms with E-state index in [1.54, 1.807) is 0 Å². The lowest BCUT2D eigenvalue weighted by atomic mass is 10.0. The summed E-state index contributed by atoms with van der Waals surface area (Å²) >= 11 is 0. The van der Waals surface area contributed by atoms with E-state index < -0.39 is 0 Å². The smallest absolute Gasteiger partial charge is 0.222 e. The quantitative estimate of drug-likeness (QED) is 0.124. The van der Waals surface area contributed by atoms with Crippen molar-refractivity contribution in [2.45, 2.75) is 203 Å². The first kappa shape index (κ1) is 45.4. The minimum Gasteiger partial charge on any atom is -0.340 e. The molecule has 0 bridgehead atoms. The molecule has 0 heterocycles. The van der Waals surface area contributed by atoms with E-state index in [0.29, 0.717) is 18.4 Å². The maximum Gasteiger partial charge on any atom is 0.222 e. The molecule has 1 unspecified atom stereocenters. The van der Waals surface area contributed by atoms with Gasteiger partial charge >= 0.3 is 0 Å². The van der Waals surface area contributed by atoms with Gasteiger partial charge in [-0.25, -0.2) is 0 Å². The van der Waals surface area contributed by atoms with Crippen molar-refractivity contribution in [3.63, 3.8) is 0 Å². The zero-order valence-corrected chi connectivity index (χ0v) is 29.6. The van der Waals surface area contributed by atoms with Crippen LogP contribution < -0.4 is 0 Å². The number of amides is 1. The van der Waals surface area contributed by atoms with E-state index in [1.165, 1.54) is 116 Å². The first-order valence-corrected chi connectivity index (χ1v) is 17.7. The molecular weight excluding hydrogens is 476 g/mol. The van der Waals surface area contributed by atoms with Gasteiger partial charge in [0.15, 0.2) is 0 Å². The van der Waals surface area contributed by atoms with Gasteiger partial charge in [-0.2, -0.15) is 0 Å². The van der Waals surface area contributed by atoms with Crippen molar-refractivity contribution < 1.29 is 4.79 Å². The average molecular weight is 557 g/mol. The molecule has 0 aromatic carbocycles. The van der Waals surface area contributed by atoms with E-state index in [-0.39, 0.29) is 0 Å². The van der Waals surface area contributed by atoms with Crippen molar-refractivity contribution >= 4 is 5.91 Å². The molecule has 1 atom stereocenters. The zero-order chi connectivity index (χ0) is 30.6. The van der Waals surface area contributed by atoms with Crippen LogP contribution in [0.4, 0.5) is 0 Å². The molecule has 0 fully saturated rings. The van der Waals surface area contributed by atoms with Gasteiger partial charge in [0.2, 0.25) is 5.91 Å². The Kier molecular flexibility index (Phi) is 48.8. The molecule has 0 aliphatic rings. The summed E-state index contributed by atoms with van der Waals surface area (Å²) in [6, 6.07) is 0.451. The summed E-state index contributed by atoms with van der Waals surface area (Å²) in [5.74, 6) is 0.401. The first-order valence-electron chi connectivity index (χ1n) is 17.7. The number of unbranched alkanes of at least 4 members (excludes halogenated alkanes) is 12. The van der Waals surface area contributed by atoms with Crippen LogP contribution >= 0.6 is 0 Å². The van der Waals surface area contributed by atoms with Gasteiger partial charge in [0.05, 0.1) is 0 Å². The molecule has 0 aliphatic heterocycles. The number of hydrogen-bond acceptors (Lipinski definition) is 2. The molecule has 39 heavy (non-hydrogen) atoms. The van der Waals surface area contributed by atoms with Gasteiger partial charge in [0.25, 0.3) is 0 Å². The largest absolute Gasteiger partial charge is 0.340 e. The Hall–Kier alpha value is -0.570. The molecule has 0 N–H and O–H groups in total. The van der Waals surface area contributed by atoms with Gasteiger partial charge in [-0.15, -0.1) is 0 Å². The fourth-order valence-corrected chi connectivity index (χ4v) is 4.36. The third kappa shape index (κ3) is 42.0. The maximum absolute atomic E-state index is 13.0. The first-order chi connectivity index (χ1) is 18.8. The molecule has 0 spiro atoms. The van der Waals surface area contributed by atoms with Crippen molar-refractivity contribution in [3.05, 3.63) is 0 Å². The van der Waals surface area contributed by atoms with E-state index in [9.17, 15) is 4.79 Å². The molecule has 0 saturated carbocycles. The molecule has 0 aromatic rings. The third-order valence-corrected chi connectivity index (χ3v) is 6.37. The van der Waals surface area contributed by atoms with Crippen molar-refractivity contribution in [1.29, 1.82) is 0 Å². The Bertz CT molecular complexity index is 406. The van der Waals surface area contributed by atoms with E-state index in [4.69, 9.17) is 0 Å². The summed E-state index contributed by atoms with van der Waals surface area (Å²) in [7, 11) is 4.19. The van der Waals surface area contributed by atoms with Crippen LogP contribution in [-0.4, -0.2) is 48.9 Å². The van der Waals surface area contributed by atoms with Gasteiger partial charge in [0.1, 0.15) is 0 Å². The van der Waals surface area contributed by atoms with Crippen molar-refractivity contribution in [2.75, 3.05) is 27.2 Å². The number of carbonyl (C=O) groups is 1. The second-order valence-electron chi connectivity index (χ2n) is 11.7. The highest BCUT2D eigenvalue weighted by Gasteiger charge is 2.21. The number of carbonyl (C=O) groups excluding carboxylic acids is 1. The van der Waals surface area contributed by atoms with Crippen LogP contribution in [0.1, 0.15) is 197 Å². The molecule has 240 valence electrons. The Balaban J connectivity index is -0.000000593. The maximum atomic E-state index is 13.0. The fourth-order valence-electron chi connectivity index (χ4n) is 4.36. The Morgan fingerprint density at radius 2 is 0.897 bits per heavy atom. The highest BCUT2D eigenvalue weighted by Crippen LogP contribution is 2.18. The lowest BCUT2D eigenvalue weighted by Gasteiger charge is -2.32. The van der Waals surface area contributed by atoms with Crippen LogP contribution in [0.2, 0.25) is 0 Å². The molecule has 3 heteroatoms. The number of rotatable bonds is 22. The SMILES string of the molecule is CCC.CCC.CCC.CCCCCCCCCCN(C(=O)CCCN(C)C)C(CC)CCCCCCCC. The predicted octanol–water partition coefficient (Wildman–Crippen LogP) is 12.1. The standard InChI is InChI=1S/C27H56N2O.3C3H8/c1-6-9-11-13-15-16-18-20-25-29(27(30)23-21-24-28(4)5)26(8-3)22-19-17-14-12-10-7-2;3*1-3-2/h26H,6-25H2,1-5H3;3*3H2,1-2H3. The molecule has 0 rings (SSSR count). The van der Waals surface area contributed by atoms with Gasteiger partial charge in [-0.05, 0) is 46.3 Å². The van der Waals surface area contributed by atoms with Crippen molar-refractivity contribution in [1.82, 2.24) is 9.80 Å². The molecule has 0 saturated heterocycles. The Morgan fingerprint density at radius 3 is 1.28 bits per heavy atom. The van der Waals surface area contributed by atoms with Crippen LogP contribution in [0.5, 0.6) is 0 Å². The summed E-state index contributed by atoms with van der Waals surface area (Å²) < 4.78 is 0. The van der Waals surface area contributed by atoms with Crippen molar-refractivity contribution in [2.24, 2.45) is 0 Å².